The van der Waals surface area contributed by atoms with Crippen LogP contribution in [0.5, 0.6) is 5.75 Å². The van der Waals surface area contributed by atoms with E-state index in [4.69, 9.17) is 4.74 Å². The number of hydrogen-bond acceptors (Lipinski definition) is 5. The highest BCUT2D eigenvalue weighted by Crippen LogP contribution is 2.33. The van der Waals surface area contributed by atoms with Crippen LogP contribution in [0.25, 0.3) is 0 Å². The Balaban J connectivity index is 2.09. The normalized spacial score (nSPS) is 12.7. The van der Waals surface area contributed by atoms with Crippen molar-refractivity contribution in [2.24, 2.45) is 0 Å². The first-order valence-corrected chi connectivity index (χ1v) is 15.1. The lowest BCUT2D eigenvalue weighted by Crippen LogP contribution is -2.52. The van der Waals surface area contributed by atoms with Crippen LogP contribution in [0, 0.1) is 12.7 Å². The van der Waals surface area contributed by atoms with Crippen molar-refractivity contribution in [2.75, 3.05) is 17.5 Å². The first-order valence-electron chi connectivity index (χ1n) is 13.6. The van der Waals surface area contributed by atoms with E-state index in [0.29, 0.717) is 6.42 Å². The van der Waals surface area contributed by atoms with Gasteiger partial charge >= 0.3 is 0 Å². The molecule has 3 aromatic rings. The van der Waals surface area contributed by atoms with E-state index in [-0.39, 0.29) is 41.1 Å². The number of ether oxygens (including phenoxy) is 1. The van der Waals surface area contributed by atoms with Gasteiger partial charge in [-0.3, -0.25) is 13.9 Å². The van der Waals surface area contributed by atoms with Crippen LogP contribution in [-0.4, -0.2) is 50.4 Å². The maximum atomic E-state index is 14.7. The molecule has 220 valence electrons. The van der Waals surface area contributed by atoms with E-state index < -0.39 is 40.2 Å². The van der Waals surface area contributed by atoms with Gasteiger partial charge in [-0.25, -0.2) is 12.8 Å². The van der Waals surface area contributed by atoms with Gasteiger partial charge < -0.3 is 15.0 Å². The minimum atomic E-state index is -4.26. The number of para-hydroxylation sites is 2. The lowest BCUT2D eigenvalue weighted by Gasteiger charge is -2.33. The molecule has 3 aromatic carbocycles. The van der Waals surface area contributed by atoms with Crippen LogP contribution in [-0.2, 0) is 26.2 Å². The number of benzene rings is 3. The van der Waals surface area contributed by atoms with Gasteiger partial charge in [0.25, 0.3) is 10.0 Å². The largest absolute Gasteiger partial charge is 0.492 e. The number of anilines is 1. The summed E-state index contributed by atoms with van der Waals surface area (Å²) in [5.41, 5.74) is 1.25. The summed E-state index contributed by atoms with van der Waals surface area (Å²) < 4.78 is 49.4. The fourth-order valence-electron chi connectivity index (χ4n) is 4.15. The molecule has 0 aliphatic carbocycles. The Bertz CT molecular complexity index is 1450. The summed E-state index contributed by atoms with van der Waals surface area (Å²) >= 11 is 0. The highest BCUT2D eigenvalue weighted by molar-refractivity contribution is 7.92. The molecule has 0 heterocycles. The van der Waals surface area contributed by atoms with E-state index >= 15 is 0 Å². The number of amides is 2. The maximum absolute atomic E-state index is 14.7. The molecule has 2 amide bonds. The Hall–Kier alpha value is -3.92. The SMILES string of the molecule is CCOc1ccccc1N(CC(=O)N(Cc1ccccc1F)C(C)C(=O)NC(C)CC)S(=O)(=O)c1ccc(C)cc1. The van der Waals surface area contributed by atoms with E-state index in [2.05, 4.69) is 5.32 Å². The number of aryl methyl sites for hydroxylation is 1. The lowest BCUT2D eigenvalue weighted by atomic mass is 10.1. The zero-order chi connectivity index (χ0) is 30.2. The van der Waals surface area contributed by atoms with E-state index in [1.165, 1.54) is 35.2 Å². The predicted molar refractivity (Wildman–Crippen MR) is 158 cm³/mol. The minimum Gasteiger partial charge on any atom is -0.492 e. The third-order valence-corrected chi connectivity index (χ3v) is 8.56. The highest BCUT2D eigenvalue weighted by Gasteiger charge is 2.34. The molecule has 0 aliphatic rings. The second kappa shape index (κ2) is 14.1. The third kappa shape index (κ3) is 7.85. The summed E-state index contributed by atoms with van der Waals surface area (Å²) in [5, 5.41) is 2.86. The number of halogens is 1. The highest BCUT2D eigenvalue weighted by atomic mass is 32.2. The summed E-state index contributed by atoms with van der Waals surface area (Å²) in [6.45, 7) is 8.32. The second-order valence-corrected chi connectivity index (χ2v) is 11.7. The standard InChI is InChI=1S/C31H38FN3O5S/c1-6-23(4)33-31(37)24(5)34(20-25-12-8-9-13-27(25)32)30(36)21-35(28-14-10-11-15-29(28)40-7-2)41(38,39)26-18-16-22(3)17-19-26/h8-19,23-24H,6-7,20-21H2,1-5H3,(H,33,37). The average molecular weight is 584 g/mol. The monoisotopic (exact) mass is 583 g/mol. The summed E-state index contributed by atoms with van der Waals surface area (Å²) in [6.07, 6.45) is 0.677. The summed E-state index contributed by atoms with van der Waals surface area (Å²) in [5.74, 6) is -1.36. The smallest absolute Gasteiger partial charge is 0.264 e. The molecule has 10 heteroatoms. The molecule has 0 radical (unpaired) electrons. The molecule has 2 unspecified atom stereocenters. The first-order chi connectivity index (χ1) is 19.5. The van der Waals surface area contributed by atoms with Gasteiger partial charge in [-0.05, 0) is 64.4 Å². The number of nitrogens with zero attached hydrogens (tertiary/aromatic N) is 2. The maximum Gasteiger partial charge on any atom is 0.264 e. The average Bonchev–Trinajstić information content (AvgIpc) is 2.95. The van der Waals surface area contributed by atoms with Gasteiger partial charge in [-0.15, -0.1) is 0 Å². The lowest BCUT2D eigenvalue weighted by molar-refractivity contribution is -0.139. The zero-order valence-electron chi connectivity index (χ0n) is 24.1. The van der Waals surface area contributed by atoms with Crippen molar-refractivity contribution in [3.63, 3.8) is 0 Å². The van der Waals surface area contributed by atoms with Gasteiger partial charge in [0.1, 0.15) is 24.2 Å². The topological polar surface area (TPSA) is 96.0 Å². The Kier molecular flexibility index (Phi) is 10.9. The van der Waals surface area contributed by atoms with Crippen LogP contribution in [0.2, 0.25) is 0 Å². The fourth-order valence-corrected chi connectivity index (χ4v) is 5.57. The molecule has 8 nitrogen and oxygen atoms in total. The van der Waals surface area contributed by atoms with E-state index in [0.717, 1.165) is 9.87 Å². The van der Waals surface area contributed by atoms with E-state index in [1.807, 2.05) is 20.8 Å². The summed E-state index contributed by atoms with van der Waals surface area (Å²) in [7, 11) is -4.26. The number of carbonyl (C=O) groups is 2. The van der Waals surface area contributed by atoms with Crippen molar-refractivity contribution in [1.29, 1.82) is 0 Å². The number of hydrogen-bond donors (Lipinski definition) is 1. The molecule has 3 rings (SSSR count). The van der Waals surface area contributed by atoms with Crippen molar-refractivity contribution in [3.05, 3.63) is 89.7 Å². The van der Waals surface area contributed by atoms with Crippen LogP contribution in [0.3, 0.4) is 0 Å². The number of rotatable bonds is 13. The number of carbonyl (C=O) groups excluding carboxylic acids is 2. The van der Waals surface area contributed by atoms with Crippen molar-refractivity contribution < 1.29 is 27.1 Å². The Morgan fingerprint density at radius 1 is 0.951 bits per heavy atom. The van der Waals surface area contributed by atoms with Gasteiger partial charge in [0.15, 0.2) is 0 Å². The quantitative estimate of drug-likeness (QED) is 0.304. The van der Waals surface area contributed by atoms with Crippen LogP contribution >= 0.6 is 0 Å². The molecular formula is C31H38FN3O5S. The molecule has 0 spiro atoms. The molecule has 0 saturated heterocycles. The molecule has 41 heavy (non-hydrogen) atoms. The van der Waals surface area contributed by atoms with Crippen molar-refractivity contribution >= 4 is 27.5 Å². The first kappa shape index (κ1) is 31.6. The van der Waals surface area contributed by atoms with Gasteiger partial charge in [-0.1, -0.05) is 55.0 Å². The van der Waals surface area contributed by atoms with Crippen molar-refractivity contribution in [3.8, 4) is 5.75 Å². The van der Waals surface area contributed by atoms with Crippen molar-refractivity contribution in [1.82, 2.24) is 10.2 Å². The molecule has 1 N–H and O–H groups in total. The van der Waals surface area contributed by atoms with Crippen LogP contribution in [0.1, 0.15) is 45.2 Å². The molecule has 0 aromatic heterocycles. The molecule has 0 fully saturated rings. The van der Waals surface area contributed by atoms with Crippen LogP contribution in [0.4, 0.5) is 10.1 Å². The van der Waals surface area contributed by atoms with E-state index in [9.17, 15) is 22.4 Å². The summed E-state index contributed by atoms with van der Waals surface area (Å²) in [6, 6.07) is 17.7. The Morgan fingerprint density at radius 3 is 2.22 bits per heavy atom. The Morgan fingerprint density at radius 2 is 1.59 bits per heavy atom. The van der Waals surface area contributed by atoms with Crippen molar-refractivity contribution in [2.45, 2.75) is 64.6 Å². The minimum absolute atomic E-state index is 0.00887. The van der Waals surface area contributed by atoms with Gasteiger partial charge in [0, 0.05) is 18.2 Å². The summed E-state index contributed by atoms with van der Waals surface area (Å²) in [4.78, 5) is 28.3. The van der Waals surface area contributed by atoms with Crippen LogP contribution < -0.4 is 14.4 Å². The fraction of sp³-hybridized carbons (Fsp3) is 0.355. The molecule has 0 aliphatic heterocycles. The molecule has 0 bridgehead atoms. The molecular weight excluding hydrogens is 545 g/mol. The number of sulfonamides is 1. The second-order valence-electron chi connectivity index (χ2n) is 9.83. The zero-order valence-corrected chi connectivity index (χ0v) is 24.9. The van der Waals surface area contributed by atoms with Gasteiger partial charge in [0.2, 0.25) is 11.8 Å². The third-order valence-electron chi connectivity index (χ3n) is 6.79. The molecule has 2 atom stereocenters. The predicted octanol–water partition coefficient (Wildman–Crippen LogP) is 5.06. The van der Waals surface area contributed by atoms with Gasteiger partial charge in [-0.2, -0.15) is 0 Å². The number of nitrogens with one attached hydrogen (secondary N) is 1. The van der Waals surface area contributed by atoms with Gasteiger partial charge in [0.05, 0.1) is 17.2 Å². The van der Waals surface area contributed by atoms with Crippen LogP contribution in [0.15, 0.2) is 77.7 Å². The Labute approximate surface area is 242 Å². The molecule has 0 saturated carbocycles. The van der Waals surface area contributed by atoms with E-state index in [1.54, 1.807) is 56.3 Å².